The minimum absolute atomic E-state index is 0.0403. The molecule has 0 aliphatic carbocycles. The van der Waals surface area contributed by atoms with Gasteiger partial charge in [-0.15, -0.1) is 0 Å². The summed E-state index contributed by atoms with van der Waals surface area (Å²) in [6.07, 6.45) is 0.373. The van der Waals surface area contributed by atoms with Gasteiger partial charge in [0.2, 0.25) is 0 Å². The lowest BCUT2D eigenvalue weighted by atomic mass is 10.4. The lowest BCUT2D eigenvalue weighted by Crippen LogP contribution is -2.28. The van der Waals surface area contributed by atoms with Gasteiger partial charge in [-0.05, 0) is 6.42 Å². The third kappa shape index (κ3) is 9.21. The normalized spacial score (nSPS) is 11.9. The van der Waals surface area contributed by atoms with Gasteiger partial charge in [0.05, 0.1) is 6.61 Å². The Bertz CT molecular complexity index is 202. The number of rotatable bonds is 7. The van der Waals surface area contributed by atoms with E-state index in [1.54, 1.807) is 0 Å². The molecule has 0 amide bonds. The SMILES string of the molecule is CCCOCC(COC(C)=O)OC(C)=O. The van der Waals surface area contributed by atoms with Crippen LogP contribution in [0.5, 0.6) is 0 Å². The summed E-state index contributed by atoms with van der Waals surface area (Å²) in [6.45, 7) is 5.47. The van der Waals surface area contributed by atoms with Gasteiger partial charge in [0, 0.05) is 20.5 Å². The molecule has 0 fully saturated rings. The Labute approximate surface area is 89.7 Å². The van der Waals surface area contributed by atoms with Crippen LogP contribution >= 0.6 is 0 Å². The second-order valence-electron chi connectivity index (χ2n) is 3.11. The van der Waals surface area contributed by atoms with E-state index in [0.29, 0.717) is 6.61 Å². The Morgan fingerprint density at radius 2 is 1.80 bits per heavy atom. The zero-order chi connectivity index (χ0) is 11.7. The number of carbonyl (C=O) groups excluding carboxylic acids is 2. The summed E-state index contributed by atoms with van der Waals surface area (Å²) < 4.78 is 14.9. The summed E-state index contributed by atoms with van der Waals surface area (Å²) in [6, 6.07) is 0. The summed E-state index contributed by atoms with van der Waals surface area (Å²) in [7, 11) is 0. The number of hydrogen-bond acceptors (Lipinski definition) is 5. The lowest BCUT2D eigenvalue weighted by molar-refractivity contribution is -0.159. The first kappa shape index (κ1) is 13.9. The van der Waals surface area contributed by atoms with Crippen molar-refractivity contribution in [2.45, 2.75) is 33.3 Å². The van der Waals surface area contributed by atoms with Crippen molar-refractivity contribution in [3.05, 3.63) is 0 Å². The van der Waals surface area contributed by atoms with E-state index in [1.165, 1.54) is 13.8 Å². The van der Waals surface area contributed by atoms with E-state index in [0.717, 1.165) is 6.42 Å². The summed E-state index contributed by atoms with van der Waals surface area (Å²) >= 11 is 0. The van der Waals surface area contributed by atoms with Crippen molar-refractivity contribution in [1.82, 2.24) is 0 Å². The van der Waals surface area contributed by atoms with Crippen LogP contribution in [0, 0.1) is 0 Å². The van der Waals surface area contributed by atoms with Gasteiger partial charge in [-0.3, -0.25) is 9.59 Å². The van der Waals surface area contributed by atoms with Crippen LogP contribution in [-0.2, 0) is 23.8 Å². The van der Waals surface area contributed by atoms with Crippen LogP contribution in [0.15, 0.2) is 0 Å². The molecule has 1 unspecified atom stereocenters. The third-order valence-corrected chi connectivity index (χ3v) is 1.46. The first-order valence-corrected chi connectivity index (χ1v) is 4.94. The molecule has 15 heavy (non-hydrogen) atoms. The molecule has 0 aromatic rings. The van der Waals surface area contributed by atoms with Crippen molar-refractivity contribution in [2.24, 2.45) is 0 Å². The second kappa shape index (κ2) is 8.23. The number of hydrogen-bond donors (Lipinski definition) is 0. The molecule has 0 N–H and O–H groups in total. The lowest BCUT2D eigenvalue weighted by Gasteiger charge is -2.16. The van der Waals surface area contributed by atoms with Gasteiger partial charge in [0.25, 0.3) is 0 Å². The molecule has 0 saturated carbocycles. The predicted molar refractivity (Wildman–Crippen MR) is 53.3 cm³/mol. The summed E-state index contributed by atoms with van der Waals surface area (Å²) in [5.41, 5.74) is 0. The zero-order valence-corrected chi connectivity index (χ0v) is 9.45. The molecule has 0 rings (SSSR count). The van der Waals surface area contributed by atoms with E-state index < -0.39 is 18.0 Å². The topological polar surface area (TPSA) is 61.8 Å². The maximum atomic E-state index is 10.7. The van der Waals surface area contributed by atoms with Gasteiger partial charge in [-0.25, -0.2) is 0 Å². The fourth-order valence-corrected chi connectivity index (χ4v) is 0.920. The van der Waals surface area contributed by atoms with Crippen LogP contribution in [-0.4, -0.2) is 37.9 Å². The third-order valence-electron chi connectivity index (χ3n) is 1.46. The molecule has 5 nitrogen and oxygen atoms in total. The molecule has 88 valence electrons. The highest BCUT2D eigenvalue weighted by Gasteiger charge is 2.13. The maximum Gasteiger partial charge on any atom is 0.303 e. The van der Waals surface area contributed by atoms with E-state index in [9.17, 15) is 9.59 Å². The van der Waals surface area contributed by atoms with Crippen LogP contribution < -0.4 is 0 Å². The molecule has 5 heteroatoms. The molecule has 0 aromatic heterocycles. The van der Waals surface area contributed by atoms with Crippen LogP contribution in [0.25, 0.3) is 0 Å². The fourth-order valence-electron chi connectivity index (χ4n) is 0.920. The molecule has 0 aliphatic rings. The highest BCUT2D eigenvalue weighted by Crippen LogP contribution is 1.97. The summed E-state index contributed by atoms with van der Waals surface area (Å²) in [5.74, 6) is -0.810. The Balaban J connectivity index is 3.83. The van der Waals surface area contributed by atoms with Crippen LogP contribution in [0.2, 0.25) is 0 Å². The van der Waals surface area contributed by atoms with E-state index >= 15 is 0 Å². The fraction of sp³-hybridized carbons (Fsp3) is 0.800. The average molecular weight is 218 g/mol. The van der Waals surface area contributed by atoms with Gasteiger partial charge >= 0.3 is 11.9 Å². The highest BCUT2D eigenvalue weighted by atomic mass is 16.6. The monoisotopic (exact) mass is 218 g/mol. The highest BCUT2D eigenvalue weighted by molar-refractivity contribution is 5.67. The Kier molecular flexibility index (Phi) is 7.62. The number of ether oxygens (including phenoxy) is 3. The van der Waals surface area contributed by atoms with Gasteiger partial charge in [-0.1, -0.05) is 6.92 Å². The molecule has 1 atom stereocenters. The van der Waals surface area contributed by atoms with E-state index in [2.05, 4.69) is 0 Å². The maximum absolute atomic E-state index is 10.7. The zero-order valence-electron chi connectivity index (χ0n) is 9.45. The molecule has 0 saturated heterocycles. The Morgan fingerprint density at radius 1 is 1.13 bits per heavy atom. The number of carbonyl (C=O) groups is 2. The molecule has 0 aromatic carbocycles. The van der Waals surface area contributed by atoms with Gasteiger partial charge in [0.15, 0.2) is 6.10 Å². The minimum atomic E-state index is -0.516. The minimum Gasteiger partial charge on any atom is -0.462 e. The molecular formula is C10H18O5. The summed E-state index contributed by atoms with van der Waals surface area (Å²) in [4.78, 5) is 21.3. The molecular weight excluding hydrogens is 200 g/mol. The molecule has 0 spiro atoms. The van der Waals surface area contributed by atoms with Crippen molar-refractivity contribution in [3.63, 3.8) is 0 Å². The van der Waals surface area contributed by atoms with Gasteiger partial charge in [0.1, 0.15) is 6.61 Å². The van der Waals surface area contributed by atoms with Crippen molar-refractivity contribution in [3.8, 4) is 0 Å². The predicted octanol–water partition coefficient (Wildman–Crippen LogP) is 0.908. The molecule has 0 heterocycles. The molecule has 0 aliphatic heterocycles. The van der Waals surface area contributed by atoms with Crippen LogP contribution in [0.1, 0.15) is 27.2 Å². The standard InChI is InChI=1S/C10H18O5/c1-4-5-13-6-10(15-9(3)12)7-14-8(2)11/h10H,4-7H2,1-3H3. The van der Waals surface area contributed by atoms with Crippen LogP contribution in [0.4, 0.5) is 0 Å². The van der Waals surface area contributed by atoms with E-state index in [4.69, 9.17) is 14.2 Å². The van der Waals surface area contributed by atoms with Gasteiger partial charge in [-0.2, -0.15) is 0 Å². The first-order chi connectivity index (χ1) is 7.06. The Hall–Kier alpha value is -1.10. The quantitative estimate of drug-likeness (QED) is 0.469. The number of esters is 2. The molecule has 0 radical (unpaired) electrons. The van der Waals surface area contributed by atoms with Crippen molar-refractivity contribution < 1.29 is 23.8 Å². The smallest absolute Gasteiger partial charge is 0.303 e. The van der Waals surface area contributed by atoms with E-state index in [-0.39, 0.29) is 13.2 Å². The van der Waals surface area contributed by atoms with Crippen molar-refractivity contribution >= 4 is 11.9 Å². The first-order valence-electron chi connectivity index (χ1n) is 4.94. The van der Waals surface area contributed by atoms with Crippen molar-refractivity contribution in [1.29, 1.82) is 0 Å². The average Bonchev–Trinajstić information content (AvgIpc) is 2.13. The molecule has 0 bridgehead atoms. The van der Waals surface area contributed by atoms with Gasteiger partial charge < -0.3 is 14.2 Å². The largest absolute Gasteiger partial charge is 0.462 e. The second-order valence-corrected chi connectivity index (χ2v) is 3.11. The van der Waals surface area contributed by atoms with Crippen molar-refractivity contribution in [2.75, 3.05) is 19.8 Å². The van der Waals surface area contributed by atoms with E-state index in [1.807, 2.05) is 6.92 Å². The summed E-state index contributed by atoms with van der Waals surface area (Å²) in [5, 5.41) is 0. The van der Waals surface area contributed by atoms with Crippen LogP contribution in [0.3, 0.4) is 0 Å². The Morgan fingerprint density at radius 3 is 2.27 bits per heavy atom.